The Morgan fingerprint density at radius 3 is 2.92 bits per heavy atom. The van der Waals surface area contributed by atoms with Crippen molar-refractivity contribution in [2.24, 2.45) is 0 Å². The second kappa shape index (κ2) is 5.96. The third-order valence-corrected chi connectivity index (χ3v) is 6.34. The first-order valence-corrected chi connectivity index (χ1v) is 10.0. The lowest BCUT2D eigenvalue weighted by atomic mass is 10.2. The van der Waals surface area contributed by atoms with Crippen LogP contribution in [0.4, 0.5) is 5.82 Å². The quantitative estimate of drug-likeness (QED) is 0.753. The monoisotopic (exact) mass is 377 g/mol. The van der Waals surface area contributed by atoms with Crippen LogP contribution in [-0.4, -0.2) is 45.7 Å². The van der Waals surface area contributed by atoms with Crippen LogP contribution < -0.4 is 5.32 Å². The Morgan fingerprint density at radius 1 is 1.32 bits per heavy atom. The second-order valence-corrected chi connectivity index (χ2v) is 8.86. The van der Waals surface area contributed by atoms with E-state index in [9.17, 15) is 8.42 Å². The number of fused-ring (bicyclic) bond motifs is 1. The summed E-state index contributed by atoms with van der Waals surface area (Å²) in [6, 6.07) is 5.45. The van der Waals surface area contributed by atoms with Crippen molar-refractivity contribution in [2.45, 2.75) is 19.4 Å². The normalized spacial score (nSPS) is 19.4. The van der Waals surface area contributed by atoms with E-state index in [1.54, 1.807) is 10.9 Å². The molecule has 1 N–H and O–H groups in total. The van der Waals surface area contributed by atoms with Crippen molar-refractivity contribution in [3.8, 4) is 5.69 Å². The lowest BCUT2D eigenvalue weighted by molar-refractivity contribution is 0.602. The number of nitrogens with zero attached hydrogens (tertiary/aromatic N) is 4. The molecular weight excluding hydrogens is 362 g/mol. The number of hydrogen-bond acceptors (Lipinski definition) is 6. The molecule has 1 atom stereocenters. The zero-order valence-corrected chi connectivity index (χ0v) is 15.0. The number of hydrogen-bond donors (Lipinski definition) is 1. The second-order valence-electron chi connectivity index (χ2n) is 6.19. The summed E-state index contributed by atoms with van der Waals surface area (Å²) >= 11 is 6.11. The van der Waals surface area contributed by atoms with Gasteiger partial charge in [0.2, 0.25) is 0 Å². The molecule has 0 aliphatic carbocycles. The van der Waals surface area contributed by atoms with Gasteiger partial charge in [-0.15, -0.1) is 0 Å². The van der Waals surface area contributed by atoms with Crippen LogP contribution in [0.25, 0.3) is 16.7 Å². The lowest BCUT2D eigenvalue weighted by Crippen LogP contribution is -2.21. The zero-order valence-electron chi connectivity index (χ0n) is 13.5. The first kappa shape index (κ1) is 16.3. The SMILES string of the molecule is Cc1ccc(Cl)cc1-n1ncc2c(NC3CCS(=O)(=O)C3)ncnc21. The predicted octanol–water partition coefficient (Wildman–Crippen LogP) is 2.38. The van der Waals surface area contributed by atoms with E-state index in [4.69, 9.17) is 11.6 Å². The third-order valence-electron chi connectivity index (χ3n) is 4.34. The summed E-state index contributed by atoms with van der Waals surface area (Å²) in [6.07, 6.45) is 3.71. The molecule has 2 aromatic heterocycles. The largest absolute Gasteiger partial charge is 0.366 e. The molecule has 4 rings (SSSR count). The van der Waals surface area contributed by atoms with E-state index in [1.807, 2.05) is 25.1 Å². The average Bonchev–Trinajstić information content (AvgIpc) is 3.14. The molecule has 3 aromatic rings. The minimum Gasteiger partial charge on any atom is -0.366 e. The van der Waals surface area contributed by atoms with Crippen molar-refractivity contribution in [2.75, 3.05) is 16.8 Å². The Balaban J connectivity index is 1.75. The predicted molar refractivity (Wildman–Crippen MR) is 97.1 cm³/mol. The van der Waals surface area contributed by atoms with Gasteiger partial charge in [0, 0.05) is 11.1 Å². The van der Waals surface area contributed by atoms with Crippen LogP contribution in [-0.2, 0) is 9.84 Å². The van der Waals surface area contributed by atoms with Gasteiger partial charge in [0.1, 0.15) is 12.1 Å². The standard InChI is InChI=1S/C16H16ClN5O2S/c1-10-2-3-11(17)6-14(10)22-16-13(7-20-22)15(18-9-19-16)21-12-4-5-25(23,24)8-12/h2-3,6-7,9,12H,4-5,8H2,1H3,(H,18,19,21). The molecular formula is C16H16ClN5O2S. The van der Waals surface area contributed by atoms with Crippen molar-refractivity contribution in [1.82, 2.24) is 19.7 Å². The van der Waals surface area contributed by atoms with Crippen LogP contribution in [0.2, 0.25) is 5.02 Å². The number of aromatic nitrogens is 4. The van der Waals surface area contributed by atoms with Gasteiger partial charge in [-0.3, -0.25) is 0 Å². The van der Waals surface area contributed by atoms with Gasteiger partial charge in [-0.05, 0) is 31.0 Å². The summed E-state index contributed by atoms with van der Waals surface area (Å²) in [7, 11) is -2.96. The first-order chi connectivity index (χ1) is 11.9. The number of nitrogens with one attached hydrogen (secondary N) is 1. The highest BCUT2D eigenvalue weighted by Crippen LogP contribution is 2.26. The molecule has 1 aliphatic heterocycles. The Morgan fingerprint density at radius 2 is 2.16 bits per heavy atom. The summed E-state index contributed by atoms with van der Waals surface area (Å²) in [5.74, 6) is 0.929. The molecule has 0 amide bonds. The van der Waals surface area contributed by atoms with Crippen molar-refractivity contribution in [3.63, 3.8) is 0 Å². The van der Waals surface area contributed by atoms with Crippen molar-refractivity contribution >= 4 is 38.3 Å². The maximum absolute atomic E-state index is 11.7. The number of aryl methyl sites for hydroxylation is 1. The molecule has 1 saturated heterocycles. The third kappa shape index (κ3) is 3.07. The van der Waals surface area contributed by atoms with Crippen LogP contribution in [0.15, 0.2) is 30.7 Å². The topological polar surface area (TPSA) is 89.8 Å². The summed E-state index contributed by atoms with van der Waals surface area (Å²) in [4.78, 5) is 8.61. The Hall–Kier alpha value is -2.19. The fourth-order valence-electron chi connectivity index (χ4n) is 3.05. The van der Waals surface area contributed by atoms with Gasteiger partial charge in [0.15, 0.2) is 15.5 Å². The van der Waals surface area contributed by atoms with Crippen LogP contribution in [0.5, 0.6) is 0 Å². The van der Waals surface area contributed by atoms with Crippen LogP contribution >= 0.6 is 11.6 Å². The lowest BCUT2D eigenvalue weighted by Gasteiger charge is -2.12. The molecule has 7 nitrogen and oxygen atoms in total. The maximum Gasteiger partial charge on any atom is 0.168 e. The highest BCUT2D eigenvalue weighted by molar-refractivity contribution is 7.91. The average molecular weight is 378 g/mol. The molecule has 0 bridgehead atoms. The molecule has 1 unspecified atom stereocenters. The molecule has 1 fully saturated rings. The van der Waals surface area contributed by atoms with E-state index in [0.717, 1.165) is 16.6 Å². The number of sulfone groups is 1. The van der Waals surface area contributed by atoms with Gasteiger partial charge in [-0.25, -0.2) is 23.1 Å². The minimum absolute atomic E-state index is 0.125. The zero-order chi connectivity index (χ0) is 17.6. The molecule has 0 spiro atoms. The summed E-state index contributed by atoms with van der Waals surface area (Å²) in [6.45, 7) is 1.98. The molecule has 1 aliphatic rings. The van der Waals surface area contributed by atoms with E-state index in [-0.39, 0.29) is 17.5 Å². The number of anilines is 1. The molecule has 1 aromatic carbocycles. The van der Waals surface area contributed by atoms with Gasteiger partial charge >= 0.3 is 0 Å². The van der Waals surface area contributed by atoms with Crippen molar-refractivity contribution < 1.29 is 8.42 Å². The highest BCUT2D eigenvalue weighted by Gasteiger charge is 2.28. The van der Waals surface area contributed by atoms with Crippen LogP contribution in [0.1, 0.15) is 12.0 Å². The number of benzene rings is 1. The van der Waals surface area contributed by atoms with Crippen molar-refractivity contribution in [1.29, 1.82) is 0 Å². The molecule has 25 heavy (non-hydrogen) atoms. The summed E-state index contributed by atoms with van der Waals surface area (Å²) in [5, 5.41) is 9.01. The van der Waals surface area contributed by atoms with Gasteiger partial charge in [0.05, 0.1) is 28.8 Å². The Kier molecular flexibility index (Phi) is 3.88. The van der Waals surface area contributed by atoms with E-state index < -0.39 is 9.84 Å². The van der Waals surface area contributed by atoms with E-state index in [2.05, 4.69) is 20.4 Å². The van der Waals surface area contributed by atoms with Gasteiger partial charge < -0.3 is 5.32 Å². The fraction of sp³-hybridized carbons (Fsp3) is 0.312. The minimum atomic E-state index is -2.96. The van der Waals surface area contributed by atoms with E-state index in [1.165, 1.54) is 6.33 Å². The highest BCUT2D eigenvalue weighted by atomic mass is 35.5. The number of rotatable bonds is 3. The fourth-order valence-corrected chi connectivity index (χ4v) is 4.89. The molecule has 3 heterocycles. The molecule has 130 valence electrons. The van der Waals surface area contributed by atoms with Gasteiger partial charge in [-0.1, -0.05) is 17.7 Å². The Bertz CT molecular complexity index is 1060. The van der Waals surface area contributed by atoms with Crippen molar-refractivity contribution in [3.05, 3.63) is 41.3 Å². The van der Waals surface area contributed by atoms with E-state index in [0.29, 0.717) is 22.9 Å². The molecule has 0 radical (unpaired) electrons. The summed E-state index contributed by atoms with van der Waals surface area (Å²) in [5.41, 5.74) is 2.50. The maximum atomic E-state index is 11.7. The van der Waals surface area contributed by atoms with Gasteiger partial charge in [-0.2, -0.15) is 5.10 Å². The van der Waals surface area contributed by atoms with Crippen LogP contribution in [0, 0.1) is 6.92 Å². The summed E-state index contributed by atoms with van der Waals surface area (Å²) < 4.78 is 25.0. The van der Waals surface area contributed by atoms with Crippen LogP contribution in [0.3, 0.4) is 0 Å². The van der Waals surface area contributed by atoms with E-state index >= 15 is 0 Å². The number of halogens is 1. The molecule has 9 heteroatoms. The van der Waals surface area contributed by atoms with Gasteiger partial charge in [0.25, 0.3) is 0 Å². The molecule has 0 saturated carbocycles. The first-order valence-electron chi connectivity index (χ1n) is 7.85. The Labute approximate surface area is 150 Å². The smallest absolute Gasteiger partial charge is 0.168 e.